The molecule has 14 heavy (non-hydrogen) atoms. The molecule has 1 aliphatic heterocycles. The number of piperazine rings is 1. The quantitative estimate of drug-likeness (QED) is 0.626. The van der Waals surface area contributed by atoms with Crippen LogP contribution in [-0.2, 0) is 4.79 Å². The first-order chi connectivity index (χ1) is 6.65. The third-order valence-electron chi connectivity index (χ3n) is 3.04. The van der Waals surface area contributed by atoms with Gasteiger partial charge in [0.25, 0.3) is 0 Å². The van der Waals surface area contributed by atoms with Crippen molar-refractivity contribution in [2.24, 2.45) is 5.92 Å². The molecule has 1 rings (SSSR count). The molecule has 82 valence electrons. The van der Waals surface area contributed by atoms with Crippen molar-refractivity contribution in [3.8, 4) is 0 Å². The summed E-state index contributed by atoms with van der Waals surface area (Å²) in [7, 11) is 2.17. The number of carbonyl (C=O) groups is 1. The van der Waals surface area contributed by atoms with Gasteiger partial charge in [0.1, 0.15) is 6.29 Å². The molecule has 1 saturated heterocycles. The average molecular weight is 198 g/mol. The molecular weight excluding hydrogens is 176 g/mol. The third kappa shape index (κ3) is 3.07. The topological polar surface area (TPSA) is 23.6 Å². The van der Waals surface area contributed by atoms with Crippen molar-refractivity contribution in [3.63, 3.8) is 0 Å². The zero-order chi connectivity index (χ0) is 10.6. The Kier molecular flexibility index (Phi) is 4.55. The Bertz CT molecular complexity index is 182. The van der Waals surface area contributed by atoms with Gasteiger partial charge in [-0.25, -0.2) is 0 Å². The van der Waals surface area contributed by atoms with Gasteiger partial charge in [-0.3, -0.25) is 4.90 Å². The van der Waals surface area contributed by atoms with Crippen LogP contribution in [-0.4, -0.2) is 55.4 Å². The Labute approximate surface area is 87.1 Å². The first-order valence-corrected chi connectivity index (χ1v) is 5.51. The van der Waals surface area contributed by atoms with E-state index in [1.54, 1.807) is 0 Å². The number of nitrogens with zero attached hydrogens (tertiary/aromatic N) is 2. The van der Waals surface area contributed by atoms with Gasteiger partial charge in [-0.15, -0.1) is 0 Å². The standard InChI is InChI=1S/C11H22N2O/c1-10(2)11-9-12(3)6-7-13(11)5-4-8-14/h8,10-11H,4-7,9H2,1-3H3. The molecule has 3 heteroatoms. The number of aldehydes is 1. The molecule has 1 heterocycles. The van der Waals surface area contributed by atoms with Gasteiger partial charge in [0.05, 0.1) is 0 Å². The van der Waals surface area contributed by atoms with Crippen LogP contribution >= 0.6 is 0 Å². The summed E-state index contributed by atoms with van der Waals surface area (Å²) in [6.45, 7) is 8.82. The number of rotatable bonds is 4. The van der Waals surface area contributed by atoms with Gasteiger partial charge in [-0.2, -0.15) is 0 Å². The van der Waals surface area contributed by atoms with Gasteiger partial charge in [-0.1, -0.05) is 13.8 Å². The van der Waals surface area contributed by atoms with Crippen LogP contribution in [0.25, 0.3) is 0 Å². The van der Waals surface area contributed by atoms with Crippen LogP contribution in [0.1, 0.15) is 20.3 Å². The van der Waals surface area contributed by atoms with Crippen molar-refractivity contribution >= 4 is 6.29 Å². The second kappa shape index (κ2) is 5.47. The summed E-state index contributed by atoms with van der Waals surface area (Å²) in [4.78, 5) is 15.2. The van der Waals surface area contributed by atoms with Gasteiger partial charge < -0.3 is 9.69 Å². The molecule has 1 atom stereocenters. The Morgan fingerprint density at radius 2 is 2.14 bits per heavy atom. The molecule has 0 N–H and O–H groups in total. The second-order valence-electron chi connectivity index (χ2n) is 4.56. The molecular formula is C11H22N2O. The molecule has 0 spiro atoms. The minimum atomic E-state index is 0.619. The van der Waals surface area contributed by atoms with E-state index in [0.29, 0.717) is 18.4 Å². The summed E-state index contributed by atoms with van der Waals surface area (Å²) in [5.41, 5.74) is 0. The predicted octanol–water partition coefficient (Wildman–Crippen LogP) is 0.847. The highest BCUT2D eigenvalue weighted by Crippen LogP contribution is 2.16. The van der Waals surface area contributed by atoms with E-state index in [0.717, 1.165) is 32.5 Å². The smallest absolute Gasteiger partial charge is 0.121 e. The Morgan fingerprint density at radius 1 is 1.43 bits per heavy atom. The lowest BCUT2D eigenvalue weighted by Crippen LogP contribution is -2.54. The molecule has 0 amide bonds. The molecule has 0 radical (unpaired) electrons. The number of likely N-dealkylation sites (N-methyl/N-ethyl adjacent to an activating group) is 1. The van der Waals surface area contributed by atoms with Gasteiger partial charge in [0.2, 0.25) is 0 Å². The summed E-state index contributed by atoms with van der Waals surface area (Å²) in [6, 6.07) is 0.619. The van der Waals surface area contributed by atoms with Crippen LogP contribution in [0.5, 0.6) is 0 Å². The summed E-state index contributed by atoms with van der Waals surface area (Å²) in [6.07, 6.45) is 1.70. The highest BCUT2D eigenvalue weighted by atomic mass is 16.1. The van der Waals surface area contributed by atoms with E-state index >= 15 is 0 Å². The zero-order valence-corrected chi connectivity index (χ0v) is 9.57. The summed E-state index contributed by atoms with van der Waals surface area (Å²) < 4.78 is 0. The number of hydrogen-bond acceptors (Lipinski definition) is 3. The Balaban J connectivity index is 2.48. The first-order valence-electron chi connectivity index (χ1n) is 5.51. The molecule has 3 nitrogen and oxygen atoms in total. The van der Waals surface area contributed by atoms with E-state index < -0.39 is 0 Å². The molecule has 0 aromatic rings. The van der Waals surface area contributed by atoms with Crippen LogP contribution in [0.15, 0.2) is 0 Å². The summed E-state index contributed by atoms with van der Waals surface area (Å²) in [5.74, 6) is 0.671. The number of hydrogen-bond donors (Lipinski definition) is 0. The van der Waals surface area contributed by atoms with Crippen molar-refractivity contribution in [1.29, 1.82) is 0 Å². The highest BCUT2D eigenvalue weighted by molar-refractivity contribution is 5.49. The van der Waals surface area contributed by atoms with Gasteiger partial charge in [0, 0.05) is 38.6 Å². The SMILES string of the molecule is CC(C)C1CN(C)CCN1CCC=O. The molecule has 0 bridgehead atoms. The minimum absolute atomic E-state index is 0.619. The monoisotopic (exact) mass is 198 g/mol. The normalized spacial score (nSPS) is 25.6. The molecule has 0 aliphatic carbocycles. The molecule has 1 aliphatic rings. The van der Waals surface area contributed by atoms with E-state index in [1.807, 2.05) is 0 Å². The first kappa shape index (κ1) is 11.7. The van der Waals surface area contributed by atoms with Crippen LogP contribution in [0.4, 0.5) is 0 Å². The maximum atomic E-state index is 10.4. The summed E-state index contributed by atoms with van der Waals surface area (Å²) in [5, 5.41) is 0. The third-order valence-corrected chi connectivity index (χ3v) is 3.04. The van der Waals surface area contributed by atoms with Gasteiger partial charge >= 0.3 is 0 Å². The van der Waals surface area contributed by atoms with E-state index in [4.69, 9.17) is 0 Å². The molecule has 1 unspecified atom stereocenters. The second-order valence-corrected chi connectivity index (χ2v) is 4.56. The maximum Gasteiger partial charge on any atom is 0.121 e. The average Bonchev–Trinajstić information content (AvgIpc) is 2.15. The van der Waals surface area contributed by atoms with Crippen molar-refractivity contribution in [1.82, 2.24) is 9.80 Å². The van der Waals surface area contributed by atoms with Crippen molar-refractivity contribution < 1.29 is 4.79 Å². The van der Waals surface area contributed by atoms with Gasteiger partial charge in [0.15, 0.2) is 0 Å². The highest BCUT2D eigenvalue weighted by Gasteiger charge is 2.26. The summed E-state index contributed by atoms with van der Waals surface area (Å²) >= 11 is 0. The van der Waals surface area contributed by atoms with Crippen LogP contribution in [0, 0.1) is 5.92 Å². The van der Waals surface area contributed by atoms with E-state index in [9.17, 15) is 4.79 Å². The Morgan fingerprint density at radius 3 is 2.71 bits per heavy atom. The van der Waals surface area contributed by atoms with E-state index in [1.165, 1.54) is 0 Å². The molecule has 0 saturated carbocycles. The molecule has 0 aromatic carbocycles. The Hall–Kier alpha value is -0.410. The van der Waals surface area contributed by atoms with Crippen molar-refractivity contribution in [2.45, 2.75) is 26.3 Å². The van der Waals surface area contributed by atoms with Crippen LogP contribution in [0.2, 0.25) is 0 Å². The maximum absolute atomic E-state index is 10.4. The van der Waals surface area contributed by atoms with Crippen LogP contribution in [0.3, 0.4) is 0 Å². The van der Waals surface area contributed by atoms with Crippen molar-refractivity contribution in [2.75, 3.05) is 33.2 Å². The molecule has 0 aromatic heterocycles. The van der Waals surface area contributed by atoms with E-state index in [2.05, 4.69) is 30.7 Å². The fourth-order valence-electron chi connectivity index (χ4n) is 2.12. The lowest BCUT2D eigenvalue weighted by molar-refractivity contribution is -0.108. The van der Waals surface area contributed by atoms with Crippen molar-refractivity contribution in [3.05, 3.63) is 0 Å². The lowest BCUT2D eigenvalue weighted by atomic mass is 9.99. The number of carbonyl (C=O) groups excluding carboxylic acids is 1. The fraction of sp³-hybridized carbons (Fsp3) is 0.909. The van der Waals surface area contributed by atoms with E-state index in [-0.39, 0.29) is 0 Å². The van der Waals surface area contributed by atoms with Gasteiger partial charge in [-0.05, 0) is 13.0 Å². The largest absolute Gasteiger partial charge is 0.304 e. The zero-order valence-electron chi connectivity index (χ0n) is 9.57. The lowest BCUT2D eigenvalue weighted by Gasteiger charge is -2.42. The fourth-order valence-corrected chi connectivity index (χ4v) is 2.12. The molecule has 1 fully saturated rings. The minimum Gasteiger partial charge on any atom is -0.304 e. The van der Waals surface area contributed by atoms with Crippen LogP contribution < -0.4 is 0 Å². The predicted molar refractivity (Wildman–Crippen MR) is 58.4 cm³/mol.